The van der Waals surface area contributed by atoms with Crippen molar-refractivity contribution in [2.24, 2.45) is 0 Å². The predicted octanol–water partition coefficient (Wildman–Crippen LogP) is 2.19. The molecule has 0 saturated carbocycles. The Hall–Kier alpha value is -1.94. The molecule has 21 heavy (non-hydrogen) atoms. The minimum Gasteiger partial charge on any atom is -0.309 e. The van der Waals surface area contributed by atoms with Crippen LogP contribution in [-0.2, 0) is 6.42 Å². The predicted molar refractivity (Wildman–Crippen MR) is 83.4 cm³/mol. The minimum atomic E-state index is -0.242. The summed E-state index contributed by atoms with van der Waals surface area (Å²) in [6.45, 7) is 3.25. The molecule has 110 valence electrons. The first kappa shape index (κ1) is 14.0. The molecule has 0 unspecified atom stereocenters. The van der Waals surface area contributed by atoms with E-state index in [4.69, 9.17) is 0 Å². The van der Waals surface area contributed by atoms with Crippen molar-refractivity contribution in [3.63, 3.8) is 0 Å². The molecule has 0 radical (unpaired) electrons. The molecule has 1 aromatic heterocycles. The summed E-state index contributed by atoms with van der Waals surface area (Å²) in [7, 11) is 0. The van der Waals surface area contributed by atoms with Gasteiger partial charge in [0.2, 0.25) is 0 Å². The molecule has 4 heteroatoms. The molecule has 1 atom stereocenters. The maximum atomic E-state index is 11.3. The summed E-state index contributed by atoms with van der Waals surface area (Å²) in [5.41, 5.74) is 2.17. The Kier molecular flexibility index (Phi) is 4.46. The maximum Gasteiger partial charge on any atom is 0.345 e. The number of benzene rings is 1. The number of rotatable bonds is 4. The van der Waals surface area contributed by atoms with Gasteiger partial charge in [-0.1, -0.05) is 30.3 Å². The lowest BCUT2D eigenvalue weighted by molar-refractivity contribution is 0.208. The van der Waals surface area contributed by atoms with Crippen LogP contribution in [0.25, 0.3) is 0 Å². The van der Waals surface area contributed by atoms with Crippen molar-refractivity contribution >= 4 is 0 Å². The summed E-state index contributed by atoms with van der Waals surface area (Å²) in [5.74, 6) is 0.422. The van der Waals surface area contributed by atoms with Gasteiger partial charge in [-0.05, 0) is 37.4 Å². The van der Waals surface area contributed by atoms with E-state index in [1.54, 1.807) is 6.20 Å². The van der Waals surface area contributed by atoms with E-state index < -0.39 is 0 Å². The molecule has 0 spiro atoms. The van der Waals surface area contributed by atoms with Gasteiger partial charge in [0.1, 0.15) is 0 Å². The van der Waals surface area contributed by atoms with Gasteiger partial charge in [0.15, 0.2) is 0 Å². The molecule has 1 aromatic carbocycles. The highest BCUT2D eigenvalue weighted by Gasteiger charge is 2.21. The first-order valence-corrected chi connectivity index (χ1v) is 7.63. The Bertz CT molecular complexity index is 623. The van der Waals surface area contributed by atoms with Crippen LogP contribution in [0.15, 0.2) is 47.4 Å². The van der Waals surface area contributed by atoms with Crippen LogP contribution < -0.4 is 5.69 Å². The fourth-order valence-corrected chi connectivity index (χ4v) is 3.07. The number of aromatic nitrogens is 2. The topological polar surface area (TPSA) is 49.0 Å². The SMILES string of the molecule is O=c1nccc([C@@H]2CCCN(CCc3ccccc3)C2)[nH]1. The highest BCUT2D eigenvalue weighted by atomic mass is 16.1. The summed E-state index contributed by atoms with van der Waals surface area (Å²) in [4.78, 5) is 20.4. The normalized spacial score (nSPS) is 19.5. The summed E-state index contributed by atoms with van der Waals surface area (Å²) in [5, 5.41) is 0. The van der Waals surface area contributed by atoms with Gasteiger partial charge in [-0.2, -0.15) is 0 Å². The van der Waals surface area contributed by atoms with Crippen LogP contribution in [0.2, 0.25) is 0 Å². The zero-order chi connectivity index (χ0) is 14.5. The third-order valence-electron chi connectivity index (χ3n) is 4.20. The van der Waals surface area contributed by atoms with Crippen molar-refractivity contribution in [2.45, 2.75) is 25.2 Å². The van der Waals surface area contributed by atoms with Crippen LogP contribution in [0.5, 0.6) is 0 Å². The summed E-state index contributed by atoms with van der Waals surface area (Å²) in [6, 6.07) is 12.5. The minimum absolute atomic E-state index is 0.242. The maximum absolute atomic E-state index is 11.3. The average Bonchev–Trinajstić information content (AvgIpc) is 2.54. The zero-order valence-corrected chi connectivity index (χ0v) is 12.2. The molecule has 2 aromatic rings. The molecule has 2 heterocycles. The molecule has 3 rings (SSSR count). The van der Waals surface area contributed by atoms with Crippen LogP contribution in [0.3, 0.4) is 0 Å². The molecule has 1 N–H and O–H groups in total. The highest BCUT2D eigenvalue weighted by Crippen LogP contribution is 2.24. The van der Waals surface area contributed by atoms with Crippen molar-refractivity contribution in [3.05, 3.63) is 64.3 Å². The lowest BCUT2D eigenvalue weighted by Gasteiger charge is -2.32. The van der Waals surface area contributed by atoms with Gasteiger partial charge < -0.3 is 9.88 Å². The lowest BCUT2D eigenvalue weighted by Crippen LogP contribution is -2.36. The first-order valence-electron chi connectivity index (χ1n) is 7.63. The molecular weight excluding hydrogens is 262 g/mol. The van der Waals surface area contributed by atoms with Gasteiger partial charge in [-0.25, -0.2) is 9.78 Å². The van der Waals surface area contributed by atoms with Gasteiger partial charge in [-0.15, -0.1) is 0 Å². The summed E-state index contributed by atoms with van der Waals surface area (Å²) in [6.07, 6.45) is 5.02. The van der Waals surface area contributed by atoms with E-state index in [1.807, 2.05) is 6.07 Å². The van der Waals surface area contributed by atoms with Crippen molar-refractivity contribution in [1.82, 2.24) is 14.9 Å². The average molecular weight is 283 g/mol. The second kappa shape index (κ2) is 6.68. The third-order valence-corrected chi connectivity index (χ3v) is 4.20. The second-order valence-electron chi connectivity index (χ2n) is 5.71. The number of aromatic amines is 1. The summed E-state index contributed by atoms with van der Waals surface area (Å²) >= 11 is 0. The Balaban J connectivity index is 1.59. The standard InChI is InChI=1S/C17H21N3O/c21-17-18-10-8-16(19-17)15-7-4-11-20(13-15)12-9-14-5-2-1-3-6-14/h1-3,5-6,8,10,15H,4,7,9,11-13H2,(H,18,19,21)/t15-/m1/s1. The monoisotopic (exact) mass is 283 g/mol. The number of likely N-dealkylation sites (tertiary alicyclic amines) is 1. The van der Waals surface area contributed by atoms with Crippen molar-refractivity contribution in [2.75, 3.05) is 19.6 Å². The largest absolute Gasteiger partial charge is 0.345 e. The lowest BCUT2D eigenvalue weighted by atomic mass is 9.94. The summed E-state index contributed by atoms with van der Waals surface area (Å²) < 4.78 is 0. The Morgan fingerprint density at radius 3 is 2.90 bits per heavy atom. The smallest absolute Gasteiger partial charge is 0.309 e. The number of piperidine rings is 1. The van der Waals surface area contributed by atoms with Crippen LogP contribution in [-0.4, -0.2) is 34.5 Å². The number of nitrogens with one attached hydrogen (secondary N) is 1. The number of H-pyrrole nitrogens is 1. The van der Waals surface area contributed by atoms with Crippen LogP contribution >= 0.6 is 0 Å². The van der Waals surface area contributed by atoms with Gasteiger partial charge >= 0.3 is 5.69 Å². The molecule has 0 amide bonds. The third kappa shape index (κ3) is 3.79. The second-order valence-corrected chi connectivity index (χ2v) is 5.71. The van der Waals surface area contributed by atoms with Crippen molar-refractivity contribution in [3.8, 4) is 0 Å². The number of hydrogen-bond acceptors (Lipinski definition) is 3. The Morgan fingerprint density at radius 2 is 2.10 bits per heavy atom. The first-order chi connectivity index (χ1) is 10.3. The van der Waals surface area contributed by atoms with Crippen LogP contribution in [0.1, 0.15) is 30.0 Å². The van der Waals surface area contributed by atoms with E-state index in [0.29, 0.717) is 5.92 Å². The molecule has 0 aliphatic carbocycles. The molecule has 1 aliphatic heterocycles. The molecule has 0 bridgehead atoms. The van der Waals surface area contributed by atoms with Gasteiger partial charge in [-0.3, -0.25) is 0 Å². The Labute approximate surface area is 124 Å². The van der Waals surface area contributed by atoms with E-state index >= 15 is 0 Å². The van der Waals surface area contributed by atoms with E-state index in [9.17, 15) is 4.79 Å². The quantitative estimate of drug-likeness (QED) is 0.935. The van der Waals surface area contributed by atoms with Gasteiger partial charge in [0.25, 0.3) is 0 Å². The van der Waals surface area contributed by atoms with E-state index in [-0.39, 0.29) is 5.69 Å². The molecule has 1 aliphatic rings. The van der Waals surface area contributed by atoms with Crippen molar-refractivity contribution < 1.29 is 0 Å². The van der Waals surface area contributed by atoms with E-state index in [1.165, 1.54) is 12.0 Å². The van der Waals surface area contributed by atoms with Gasteiger partial charge in [0.05, 0.1) is 0 Å². The molecular formula is C17H21N3O. The molecule has 1 saturated heterocycles. The van der Waals surface area contributed by atoms with Crippen LogP contribution in [0, 0.1) is 0 Å². The van der Waals surface area contributed by atoms with Crippen LogP contribution in [0.4, 0.5) is 0 Å². The fraction of sp³-hybridized carbons (Fsp3) is 0.412. The molecule has 1 fully saturated rings. The van der Waals surface area contributed by atoms with E-state index in [0.717, 1.165) is 38.2 Å². The highest BCUT2D eigenvalue weighted by molar-refractivity contribution is 5.15. The zero-order valence-electron chi connectivity index (χ0n) is 12.2. The molecule has 4 nitrogen and oxygen atoms in total. The number of hydrogen-bond donors (Lipinski definition) is 1. The van der Waals surface area contributed by atoms with E-state index in [2.05, 4.69) is 45.2 Å². The fourth-order valence-electron chi connectivity index (χ4n) is 3.07. The number of nitrogens with zero attached hydrogens (tertiary/aromatic N) is 2. The Morgan fingerprint density at radius 1 is 1.24 bits per heavy atom. The van der Waals surface area contributed by atoms with Gasteiger partial charge in [0, 0.05) is 30.9 Å². The van der Waals surface area contributed by atoms with Crippen molar-refractivity contribution in [1.29, 1.82) is 0 Å².